The van der Waals surface area contributed by atoms with Gasteiger partial charge in [0.05, 0.1) is 17.7 Å². The first-order chi connectivity index (χ1) is 9.73. The van der Waals surface area contributed by atoms with Crippen LogP contribution in [0.3, 0.4) is 0 Å². The molecular weight excluding hydrogens is 271 g/mol. The van der Waals surface area contributed by atoms with Crippen LogP contribution in [0.2, 0.25) is 0 Å². The first-order valence-corrected chi connectivity index (χ1v) is 6.35. The number of benzene rings is 1. The molecule has 1 aromatic carbocycles. The molecule has 2 N–H and O–H groups in total. The van der Waals surface area contributed by atoms with Gasteiger partial charge in [-0.05, 0) is 44.4 Å². The Bertz CT molecular complexity index is 738. The van der Waals surface area contributed by atoms with Gasteiger partial charge in [-0.1, -0.05) is 6.07 Å². The van der Waals surface area contributed by atoms with E-state index in [9.17, 15) is 14.8 Å². The van der Waals surface area contributed by atoms with E-state index in [4.69, 9.17) is 11.3 Å². The number of carbonyl (C=O) groups is 1. The fourth-order valence-electron chi connectivity index (χ4n) is 1.99. The molecule has 0 spiro atoms. The Balaban J connectivity index is 2.62. The minimum absolute atomic E-state index is 0.00128. The predicted molar refractivity (Wildman–Crippen MR) is 79.7 cm³/mol. The molecule has 0 unspecified atom stereocenters. The van der Waals surface area contributed by atoms with Crippen LogP contribution < -0.4 is 5.59 Å². The number of ether oxygens (including phenoxy) is 1. The molecular formula is C14H15BN2O4. The van der Waals surface area contributed by atoms with Crippen LogP contribution in [0.25, 0.3) is 15.7 Å². The fourth-order valence-corrected chi connectivity index (χ4v) is 1.99. The summed E-state index contributed by atoms with van der Waals surface area (Å²) >= 11 is 0. The lowest BCUT2D eigenvalue weighted by molar-refractivity contribution is 0.0547. The van der Waals surface area contributed by atoms with Crippen LogP contribution >= 0.6 is 0 Å². The predicted octanol–water partition coefficient (Wildman–Crippen LogP) is 1.66. The van der Waals surface area contributed by atoms with Gasteiger partial charge in [0.1, 0.15) is 5.60 Å². The highest BCUT2D eigenvalue weighted by Gasteiger charge is 2.26. The zero-order valence-corrected chi connectivity index (χ0v) is 12.0. The van der Waals surface area contributed by atoms with Crippen molar-refractivity contribution in [2.45, 2.75) is 26.4 Å². The number of aromatic nitrogens is 1. The largest absolute Gasteiger partial charge is 0.506 e. The molecule has 6 nitrogen and oxygen atoms in total. The van der Waals surface area contributed by atoms with Crippen molar-refractivity contribution in [1.29, 1.82) is 0 Å². The van der Waals surface area contributed by atoms with E-state index in [1.807, 2.05) is 0 Å². The molecule has 0 amide bonds. The van der Waals surface area contributed by atoms with E-state index >= 15 is 0 Å². The topological polar surface area (TPSA) is 76.0 Å². The van der Waals surface area contributed by atoms with Gasteiger partial charge in [-0.15, -0.1) is 0 Å². The average Bonchev–Trinajstić information content (AvgIpc) is 2.74. The second kappa shape index (κ2) is 5.24. The van der Waals surface area contributed by atoms with Gasteiger partial charge in [-0.3, -0.25) is 4.57 Å². The van der Waals surface area contributed by atoms with Crippen molar-refractivity contribution in [1.82, 2.24) is 4.57 Å². The van der Waals surface area contributed by atoms with E-state index in [-0.39, 0.29) is 5.59 Å². The van der Waals surface area contributed by atoms with Gasteiger partial charge in [0, 0.05) is 0 Å². The standard InChI is InChI=1S/C14H15BN2O4/c1-14(2,3)21-13(18)17-11-6-5-10(16-4)7-9(11)8-12(17)15(19)20/h5-8,19-20H,1-3H3. The van der Waals surface area contributed by atoms with E-state index in [0.717, 1.165) is 4.57 Å². The molecule has 0 aliphatic carbocycles. The van der Waals surface area contributed by atoms with Gasteiger partial charge in [-0.2, -0.15) is 0 Å². The van der Waals surface area contributed by atoms with Gasteiger partial charge < -0.3 is 14.8 Å². The number of rotatable bonds is 1. The Morgan fingerprint density at radius 2 is 2.00 bits per heavy atom. The first-order valence-electron chi connectivity index (χ1n) is 6.35. The summed E-state index contributed by atoms with van der Waals surface area (Å²) in [5.74, 6) is 0. The summed E-state index contributed by atoms with van der Waals surface area (Å²) in [6, 6.07) is 6.18. The molecule has 0 aliphatic heterocycles. The SMILES string of the molecule is [C-]#[N+]c1ccc2c(c1)cc(B(O)O)n2C(=O)OC(C)(C)C. The Kier molecular flexibility index (Phi) is 3.77. The van der Waals surface area contributed by atoms with Crippen molar-refractivity contribution in [3.05, 3.63) is 35.7 Å². The molecule has 0 fully saturated rings. The second-order valence-corrected chi connectivity index (χ2v) is 5.61. The zero-order chi connectivity index (χ0) is 15.8. The monoisotopic (exact) mass is 286 g/mol. The third-order valence-electron chi connectivity index (χ3n) is 2.78. The number of fused-ring (bicyclic) bond motifs is 1. The van der Waals surface area contributed by atoms with E-state index < -0.39 is 18.8 Å². The van der Waals surface area contributed by atoms with Crippen LogP contribution in [0.15, 0.2) is 24.3 Å². The molecule has 0 bridgehead atoms. The summed E-state index contributed by atoms with van der Waals surface area (Å²) in [5.41, 5.74) is 0.158. The number of carbonyl (C=O) groups excluding carboxylic acids is 1. The van der Waals surface area contributed by atoms with Crippen molar-refractivity contribution in [2.24, 2.45) is 0 Å². The van der Waals surface area contributed by atoms with Gasteiger partial charge in [0.25, 0.3) is 0 Å². The van der Waals surface area contributed by atoms with Crippen LogP contribution in [0.4, 0.5) is 10.5 Å². The second-order valence-electron chi connectivity index (χ2n) is 5.61. The molecule has 7 heteroatoms. The summed E-state index contributed by atoms with van der Waals surface area (Å²) in [6.45, 7) is 12.2. The lowest BCUT2D eigenvalue weighted by atomic mass is 9.86. The van der Waals surface area contributed by atoms with Crippen LogP contribution in [-0.2, 0) is 4.74 Å². The van der Waals surface area contributed by atoms with Gasteiger partial charge in [0.15, 0.2) is 5.69 Å². The van der Waals surface area contributed by atoms with Gasteiger partial charge in [-0.25, -0.2) is 9.64 Å². The minimum Gasteiger partial charge on any atom is -0.443 e. The smallest absolute Gasteiger partial charge is 0.443 e. The molecule has 0 radical (unpaired) electrons. The van der Waals surface area contributed by atoms with Gasteiger partial charge in [0.2, 0.25) is 0 Å². The van der Waals surface area contributed by atoms with Crippen molar-refractivity contribution in [3.63, 3.8) is 0 Å². The number of hydrogen-bond acceptors (Lipinski definition) is 4. The highest BCUT2D eigenvalue weighted by atomic mass is 16.6. The quantitative estimate of drug-likeness (QED) is 0.617. The lowest BCUT2D eigenvalue weighted by Gasteiger charge is -2.21. The van der Waals surface area contributed by atoms with Crippen LogP contribution in [-0.4, -0.2) is 33.4 Å². The van der Waals surface area contributed by atoms with Crippen molar-refractivity contribution in [3.8, 4) is 0 Å². The molecule has 0 aliphatic rings. The van der Waals surface area contributed by atoms with E-state index in [1.54, 1.807) is 39.0 Å². The highest BCUT2D eigenvalue weighted by Crippen LogP contribution is 2.22. The molecule has 0 atom stereocenters. The van der Waals surface area contributed by atoms with E-state index in [0.29, 0.717) is 16.6 Å². The lowest BCUT2D eigenvalue weighted by Crippen LogP contribution is -2.40. The molecule has 2 aromatic rings. The van der Waals surface area contributed by atoms with E-state index in [1.165, 1.54) is 6.07 Å². The molecule has 0 saturated carbocycles. The van der Waals surface area contributed by atoms with E-state index in [2.05, 4.69) is 4.85 Å². The molecule has 108 valence electrons. The Hall–Kier alpha value is -2.30. The summed E-state index contributed by atoms with van der Waals surface area (Å²) < 4.78 is 6.39. The van der Waals surface area contributed by atoms with Crippen LogP contribution in [0, 0.1) is 6.57 Å². The molecule has 0 saturated heterocycles. The van der Waals surface area contributed by atoms with Crippen LogP contribution in [0.1, 0.15) is 20.8 Å². The zero-order valence-electron chi connectivity index (χ0n) is 12.0. The fraction of sp³-hybridized carbons (Fsp3) is 0.286. The van der Waals surface area contributed by atoms with Crippen LogP contribution in [0.5, 0.6) is 0 Å². The Morgan fingerprint density at radius 1 is 1.33 bits per heavy atom. The van der Waals surface area contributed by atoms with Gasteiger partial charge >= 0.3 is 13.2 Å². The number of hydrogen-bond donors (Lipinski definition) is 2. The minimum atomic E-state index is -1.82. The summed E-state index contributed by atoms with van der Waals surface area (Å²) in [7, 11) is -1.82. The molecule has 1 aromatic heterocycles. The molecule has 21 heavy (non-hydrogen) atoms. The maximum Gasteiger partial charge on any atom is 0.506 e. The van der Waals surface area contributed by atoms with Crippen molar-refractivity contribution < 1.29 is 19.6 Å². The normalized spacial score (nSPS) is 11.2. The third kappa shape index (κ3) is 3.07. The highest BCUT2D eigenvalue weighted by molar-refractivity contribution is 6.59. The molecule has 1 heterocycles. The summed E-state index contributed by atoms with van der Waals surface area (Å²) in [4.78, 5) is 15.6. The van der Waals surface area contributed by atoms with Crippen molar-refractivity contribution in [2.75, 3.05) is 0 Å². The number of nitrogens with zero attached hydrogens (tertiary/aromatic N) is 2. The first kappa shape index (κ1) is 15.1. The summed E-state index contributed by atoms with van der Waals surface area (Å²) in [6.07, 6.45) is -0.698. The Labute approximate surface area is 122 Å². The third-order valence-corrected chi connectivity index (χ3v) is 2.78. The summed E-state index contributed by atoms with van der Waals surface area (Å²) in [5, 5.41) is 19.5. The molecule has 2 rings (SSSR count). The van der Waals surface area contributed by atoms with Crippen molar-refractivity contribution >= 4 is 35.4 Å². The average molecular weight is 286 g/mol. The Morgan fingerprint density at radius 3 is 2.52 bits per heavy atom. The maximum absolute atomic E-state index is 12.3. The maximum atomic E-state index is 12.3.